The second-order valence-corrected chi connectivity index (χ2v) is 5.20. The molecule has 0 saturated heterocycles. The average Bonchev–Trinajstić information content (AvgIpc) is 2.98. The van der Waals surface area contributed by atoms with Crippen LogP contribution >= 0.6 is 12.2 Å². The van der Waals surface area contributed by atoms with E-state index in [-0.39, 0.29) is 0 Å². The van der Waals surface area contributed by atoms with E-state index in [4.69, 9.17) is 12.2 Å². The van der Waals surface area contributed by atoms with Gasteiger partial charge in [0.15, 0.2) is 4.77 Å². The van der Waals surface area contributed by atoms with Crippen LogP contribution in [-0.4, -0.2) is 19.3 Å². The molecule has 0 radical (unpaired) electrons. The Bertz CT molecular complexity index is 780. The molecule has 3 rings (SSSR count). The van der Waals surface area contributed by atoms with Crippen LogP contribution in [0, 0.1) is 11.7 Å². The van der Waals surface area contributed by atoms with Crippen molar-refractivity contribution in [2.45, 2.75) is 13.5 Å². The molecule has 0 spiro atoms. The van der Waals surface area contributed by atoms with E-state index in [1.54, 1.807) is 0 Å². The SMILES string of the molecule is Cc1c(Cn2c(-c3ccccc3)c[nH]c2=S)cnn1C. The molecular formula is C15H16N4S. The highest BCUT2D eigenvalue weighted by Crippen LogP contribution is 2.21. The van der Waals surface area contributed by atoms with Gasteiger partial charge in [-0.3, -0.25) is 4.68 Å². The Morgan fingerprint density at radius 1 is 1.25 bits per heavy atom. The molecule has 2 heterocycles. The number of imidazole rings is 1. The smallest absolute Gasteiger partial charge is 0.177 e. The van der Waals surface area contributed by atoms with Crippen LogP contribution in [0.25, 0.3) is 11.3 Å². The standard InChI is InChI=1S/C15H16N4S/c1-11-13(8-17-18(11)2)10-19-14(9-16-15(19)20)12-6-4-3-5-7-12/h3-9H,10H2,1-2H3,(H,16,20). The number of nitrogens with zero attached hydrogens (tertiary/aromatic N) is 3. The van der Waals surface area contributed by atoms with Gasteiger partial charge in [-0.2, -0.15) is 5.10 Å². The van der Waals surface area contributed by atoms with Crippen LogP contribution in [0.15, 0.2) is 42.7 Å². The first kappa shape index (κ1) is 12.9. The van der Waals surface area contributed by atoms with Gasteiger partial charge in [0.2, 0.25) is 0 Å². The van der Waals surface area contributed by atoms with Crippen LogP contribution in [0.2, 0.25) is 0 Å². The summed E-state index contributed by atoms with van der Waals surface area (Å²) < 4.78 is 4.72. The molecule has 20 heavy (non-hydrogen) atoms. The van der Waals surface area contributed by atoms with Gasteiger partial charge in [-0.05, 0) is 24.7 Å². The van der Waals surface area contributed by atoms with Crippen LogP contribution in [-0.2, 0) is 13.6 Å². The van der Waals surface area contributed by atoms with Crippen LogP contribution in [0.5, 0.6) is 0 Å². The fraction of sp³-hybridized carbons (Fsp3) is 0.200. The molecular weight excluding hydrogens is 268 g/mol. The first-order chi connectivity index (χ1) is 9.66. The molecule has 0 aliphatic heterocycles. The Hall–Kier alpha value is -2.14. The largest absolute Gasteiger partial charge is 0.337 e. The zero-order chi connectivity index (χ0) is 14.1. The number of nitrogens with one attached hydrogen (secondary N) is 1. The predicted molar refractivity (Wildman–Crippen MR) is 82.1 cm³/mol. The van der Waals surface area contributed by atoms with Gasteiger partial charge in [0.05, 0.1) is 18.4 Å². The number of aromatic amines is 1. The third-order valence-corrected chi connectivity index (χ3v) is 3.94. The Morgan fingerprint density at radius 2 is 2.00 bits per heavy atom. The molecule has 0 saturated carbocycles. The lowest BCUT2D eigenvalue weighted by Crippen LogP contribution is -2.03. The fourth-order valence-corrected chi connectivity index (χ4v) is 2.49. The Morgan fingerprint density at radius 3 is 2.65 bits per heavy atom. The monoisotopic (exact) mass is 284 g/mol. The Labute approximate surface area is 122 Å². The summed E-state index contributed by atoms with van der Waals surface area (Å²) >= 11 is 5.40. The highest BCUT2D eigenvalue weighted by atomic mass is 32.1. The number of aromatic nitrogens is 4. The van der Waals surface area contributed by atoms with E-state index in [0.29, 0.717) is 0 Å². The van der Waals surface area contributed by atoms with Crippen molar-refractivity contribution in [3.63, 3.8) is 0 Å². The number of hydrogen-bond donors (Lipinski definition) is 1. The second kappa shape index (κ2) is 5.09. The van der Waals surface area contributed by atoms with Crippen molar-refractivity contribution in [3.8, 4) is 11.3 Å². The molecule has 0 atom stereocenters. The summed E-state index contributed by atoms with van der Waals surface area (Å²) in [6.45, 7) is 2.80. The lowest BCUT2D eigenvalue weighted by molar-refractivity contribution is 0.730. The quantitative estimate of drug-likeness (QED) is 0.749. The van der Waals surface area contributed by atoms with Crippen molar-refractivity contribution >= 4 is 12.2 Å². The van der Waals surface area contributed by atoms with E-state index in [2.05, 4.69) is 33.7 Å². The summed E-state index contributed by atoms with van der Waals surface area (Å²) in [4.78, 5) is 3.13. The van der Waals surface area contributed by atoms with E-state index >= 15 is 0 Å². The molecule has 5 heteroatoms. The lowest BCUT2D eigenvalue weighted by Gasteiger charge is -2.08. The molecule has 4 nitrogen and oxygen atoms in total. The van der Waals surface area contributed by atoms with E-state index in [0.717, 1.165) is 28.3 Å². The first-order valence-corrected chi connectivity index (χ1v) is 6.89. The zero-order valence-corrected chi connectivity index (χ0v) is 12.3. The summed E-state index contributed by atoms with van der Waals surface area (Å²) in [5, 5.41) is 4.29. The first-order valence-electron chi connectivity index (χ1n) is 6.48. The van der Waals surface area contributed by atoms with Gasteiger partial charge in [-0.15, -0.1) is 0 Å². The Balaban J connectivity index is 2.04. The molecule has 1 N–H and O–H groups in total. The van der Waals surface area contributed by atoms with Crippen molar-refractivity contribution in [3.05, 3.63) is 58.8 Å². The molecule has 0 amide bonds. The zero-order valence-electron chi connectivity index (χ0n) is 11.5. The molecule has 0 aliphatic carbocycles. The van der Waals surface area contributed by atoms with Gasteiger partial charge in [0, 0.05) is 24.5 Å². The molecule has 0 fully saturated rings. The Kier molecular flexibility index (Phi) is 3.28. The summed E-state index contributed by atoms with van der Waals surface area (Å²) in [6, 6.07) is 10.3. The van der Waals surface area contributed by atoms with E-state index < -0.39 is 0 Å². The maximum Gasteiger partial charge on any atom is 0.177 e. The van der Waals surface area contributed by atoms with Crippen LogP contribution in [0.1, 0.15) is 11.3 Å². The molecule has 0 aliphatic rings. The number of hydrogen-bond acceptors (Lipinski definition) is 2. The predicted octanol–water partition coefficient (Wildman–Crippen LogP) is 3.30. The minimum atomic E-state index is 0.728. The van der Waals surface area contributed by atoms with E-state index in [1.165, 1.54) is 5.56 Å². The summed E-state index contributed by atoms with van der Waals surface area (Å²) in [6.07, 6.45) is 3.86. The van der Waals surface area contributed by atoms with Crippen molar-refractivity contribution in [2.24, 2.45) is 7.05 Å². The van der Waals surface area contributed by atoms with Crippen molar-refractivity contribution in [1.82, 2.24) is 19.3 Å². The van der Waals surface area contributed by atoms with Gasteiger partial charge in [-0.1, -0.05) is 30.3 Å². The minimum Gasteiger partial charge on any atom is -0.337 e. The number of rotatable bonds is 3. The van der Waals surface area contributed by atoms with Gasteiger partial charge in [0.25, 0.3) is 0 Å². The van der Waals surface area contributed by atoms with E-state index in [1.807, 2.05) is 42.3 Å². The number of H-pyrrole nitrogens is 1. The van der Waals surface area contributed by atoms with Crippen LogP contribution in [0.4, 0.5) is 0 Å². The molecule has 0 unspecified atom stereocenters. The van der Waals surface area contributed by atoms with Crippen molar-refractivity contribution in [2.75, 3.05) is 0 Å². The third-order valence-electron chi connectivity index (χ3n) is 3.60. The van der Waals surface area contributed by atoms with Gasteiger partial charge >= 0.3 is 0 Å². The molecule has 0 bridgehead atoms. The van der Waals surface area contributed by atoms with E-state index in [9.17, 15) is 0 Å². The minimum absolute atomic E-state index is 0.728. The molecule has 1 aromatic carbocycles. The lowest BCUT2D eigenvalue weighted by atomic mass is 10.1. The normalized spacial score (nSPS) is 10.9. The number of aryl methyl sites for hydroxylation is 1. The van der Waals surface area contributed by atoms with Gasteiger partial charge in [-0.25, -0.2) is 0 Å². The van der Waals surface area contributed by atoms with Crippen LogP contribution in [0.3, 0.4) is 0 Å². The highest BCUT2D eigenvalue weighted by molar-refractivity contribution is 7.71. The topological polar surface area (TPSA) is 38.5 Å². The number of benzene rings is 1. The molecule has 2 aromatic heterocycles. The third kappa shape index (κ3) is 2.20. The molecule has 3 aromatic rings. The summed E-state index contributed by atoms with van der Waals surface area (Å²) in [5.41, 5.74) is 4.59. The van der Waals surface area contributed by atoms with Gasteiger partial charge in [0.1, 0.15) is 0 Å². The fourth-order valence-electron chi connectivity index (χ4n) is 2.27. The van der Waals surface area contributed by atoms with Crippen LogP contribution < -0.4 is 0 Å². The molecule has 102 valence electrons. The van der Waals surface area contributed by atoms with Gasteiger partial charge < -0.3 is 9.55 Å². The van der Waals surface area contributed by atoms with Crippen molar-refractivity contribution < 1.29 is 0 Å². The summed E-state index contributed by atoms with van der Waals surface area (Å²) in [7, 11) is 1.95. The maximum atomic E-state index is 5.40. The van der Waals surface area contributed by atoms with Crippen molar-refractivity contribution in [1.29, 1.82) is 0 Å². The highest BCUT2D eigenvalue weighted by Gasteiger charge is 2.10. The maximum absolute atomic E-state index is 5.40. The summed E-state index contributed by atoms with van der Waals surface area (Å²) in [5.74, 6) is 0. The second-order valence-electron chi connectivity index (χ2n) is 4.81. The average molecular weight is 284 g/mol.